The molecule has 186 valence electrons. The Morgan fingerprint density at radius 3 is 2.32 bits per heavy atom. The van der Waals surface area contributed by atoms with Gasteiger partial charge in [-0.2, -0.15) is 0 Å². The van der Waals surface area contributed by atoms with Crippen molar-refractivity contribution in [3.05, 3.63) is 65.7 Å². The van der Waals surface area contributed by atoms with Crippen LogP contribution in [0.4, 0.5) is 5.69 Å². The summed E-state index contributed by atoms with van der Waals surface area (Å²) in [6.07, 6.45) is 7.23. The lowest BCUT2D eigenvalue weighted by atomic mass is 9.72. The van der Waals surface area contributed by atoms with Crippen LogP contribution in [-0.2, 0) is 14.9 Å². The zero-order chi connectivity index (χ0) is 24.2. The van der Waals surface area contributed by atoms with Crippen molar-refractivity contribution >= 4 is 11.7 Å². The number of carbonyl (C=O) groups is 1. The van der Waals surface area contributed by atoms with Crippen molar-refractivity contribution in [3.8, 4) is 0 Å². The monoisotopic (exact) mass is 464 g/mol. The van der Waals surface area contributed by atoms with Gasteiger partial charge in [-0.1, -0.05) is 82.5 Å². The number of nitrogens with one attached hydrogen (secondary N) is 1. The average molecular weight is 465 g/mol. The second kappa shape index (κ2) is 13.5. The molecular weight excluding hydrogens is 420 g/mol. The van der Waals surface area contributed by atoms with Crippen molar-refractivity contribution < 1.29 is 9.53 Å². The molecule has 0 amide bonds. The van der Waals surface area contributed by atoms with Crippen LogP contribution in [0.25, 0.3) is 0 Å². The third kappa shape index (κ3) is 7.33. The third-order valence-electron chi connectivity index (χ3n) is 7.22. The molecule has 1 aliphatic rings. The fourth-order valence-corrected chi connectivity index (χ4v) is 4.88. The first-order valence-electron chi connectivity index (χ1n) is 13.3. The second-order valence-corrected chi connectivity index (χ2v) is 10.0. The zero-order valence-corrected chi connectivity index (χ0v) is 21.5. The molecule has 1 heterocycles. The van der Waals surface area contributed by atoms with Gasteiger partial charge >= 0.3 is 5.97 Å². The highest BCUT2D eigenvalue weighted by Gasteiger charge is 2.44. The summed E-state index contributed by atoms with van der Waals surface area (Å²) >= 11 is 0. The molecule has 1 fully saturated rings. The van der Waals surface area contributed by atoms with Crippen molar-refractivity contribution in [1.82, 2.24) is 4.90 Å². The van der Waals surface area contributed by atoms with E-state index >= 15 is 0 Å². The fraction of sp³-hybridized carbons (Fsp3) is 0.567. The van der Waals surface area contributed by atoms with Gasteiger partial charge in [0.25, 0.3) is 0 Å². The van der Waals surface area contributed by atoms with E-state index in [1.165, 1.54) is 24.1 Å². The molecule has 0 atom stereocenters. The molecule has 0 aromatic heterocycles. The number of hydrogen-bond acceptors (Lipinski definition) is 4. The van der Waals surface area contributed by atoms with E-state index in [2.05, 4.69) is 67.4 Å². The summed E-state index contributed by atoms with van der Waals surface area (Å²) in [5, 5.41) is 3.55. The van der Waals surface area contributed by atoms with E-state index in [-0.39, 0.29) is 5.97 Å². The lowest BCUT2D eigenvalue weighted by molar-refractivity contribution is -0.153. The van der Waals surface area contributed by atoms with E-state index in [1.54, 1.807) is 0 Å². The number of rotatable bonds is 13. The first-order valence-corrected chi connectivity index (χ1v) is 13.3. The third-order valence-corrected chi connectivity index (χ3v) is 7.22. The molecule has 3 rings (SSSR count). The molecule has 0 spiro atoms. The van der Waals surface area contributed by atoms with E-state index in [1.807, 2.05) is 18.2 Å². The standard InChI is InChI=1S/C30H44N2O2/c1-4-5-6-10-24-34-29(33)30(27-12-8-7-9-13-27)18-22-32(23-19-30)21-11-20-31-28-16-14-26(15-17-28)25(2)3/h7-9,12-17,25,31H,4-6,10-11,18-24H2,1-3H3. The van der Waals surface area contributed by atoms with Crippen molar-refractivity contribution in [1.29, 1.82) is 0 Å². The van der Waals surface area contributed by atoms with Gasteiger partial charge in [-0.3, -0.25) is 4.79 Å². The number of unbranched alkanes of at least 4 members (excludes halogenated alkanes) is 3. The van der Waals surface area contributed by atoms with Crippen molar-refractivity contribution in [2.75, 3.05) is 38.1 Å². The smallest absolute Gasteiger partial charge is 0.316 e. The highest BCUT2D eigenvalue weighted by Crippen LogP contribution is 2.37. The predicted octanol–water partition coefficient (Wildman–Crippen LogP) is 6.77. The van der Waals surface area contributed by atoms with E-state index in [4.69, 9.17) is 4.74 Å². The fourth-order valence-electron chi connectivity index (χ4n) is 4.88. The molecule has 1 saturated heterocycles. The Balaban J connectivity index is 1.47. The van der Waals surface area contributed by atoms with E-state index in [0.717, 1.165) is 63.8 Å². The molecule has 4 nitrogen and oxygen atoms in total. The molecule has 0 radical (unpaired) electrons. The number of hydrogen-bond donors (Lipinski definition) is 1. The van der Waals surface area contributed by atoms with E-state index < -0.39 is 5.41 Å². The maximum atomic E-state index is 13.3. The van der Waals surface area contributed by atoms with Crippen molar-refractivity contribution in [2.24, 2.45) is 0 Å². The highest BCUT2D eigenvalue weighted by atomic mass is 16.5. The zero-order valence-electron chi connectivity index (χ0n) is 21.5. The summed E-state index contributed by atoms with van der Waals surface area (Å²) < 4.78 is 5.82. The Bertz CT molecular complexity index is 840. The Morgan fingerprint density at radius 1 is 0.971 bits per heavy atom. The average Bonchev–Trinajstić information content (AvgIpc) is 2.87. The molecule has 1 aliphatic heterocycles. The van der Waals surface area contributed by atoms with E-state index in [0.29, 0.717) is 12.5 Å². The highest BCUT2D eigenvalue weighted by molar-refractivity contribution is 5.83. The van der Waals surface area contributed by atoms with Crippen LogP contribution in [0, 0.1) is 0 Å². The minimum Gasteiger partial charge on any atom is -0.465 e. The largest absolute Gasteiger partial charge is 0.465 e. The van der Waals surface area contributed by atoms with Gasteiger partial charge in [-0.25, -0.2) is 0 Å². The molecular formula is C30H44N2O2. The lowest BCUT2D eigenvalue weighted by Crippen LogP contribution is -2.48. The van der Waals surface area contributed by atoms with Crippen molar-refractivity contribution in [2.45, 2.75) is 77.0 Å². The molecule has 0 saturated carbocycles. The Morgan fingerprint density at radius 2 is 1.68 bits per heavy atom. The minimum absolute atomic E-state index is 0.0265. The number of esters is 1. The quantitative estimate of drug-likeness (QED) is 0.262. The number of piperidine rings is 1. The molecule has 0 aliphatic carbocycles. The van der Waals surface area contributed by atoms with Crippen LogP contribution in [0.1, 0.15) is 82.8 Å². The van der Waals surface area contributed by atoms with Gasteiger partial charge in [0.2, 0.25) is 0 Å². The summed E-state index contributed by atoms with van der Waals surface area (Å²) in [5.41, 5.74) is 3.17. The van der Waals surface area contributed by atoms with Gasteiger partial charge in [0.15, 0.2) is 0 Å². The Kier molecular flexibility index (Phi) is 10.5. The Labute approximate surface area is 207 Å². The summed E-state index contributed by atoms with van der Waals surface area (Å²) in [6, 6.07) is 19.1. The Hall–Kier alpha value is -2.33. The van der Waals surface area contributed by atoms with Crippen LogP contribution < -0.4 is 5.32 Å². The van der Waals surface area contributed by atoms with Crippen molar-refractivity contribution in [3.63, 3.8) is 0 Å². The number of nitrogens with zero attached hydrogens (tertiary/aromatic N) is 1. The van der Waals surface area contributed by atoms with Gasteiger partial charge in [-0.15, -0.1) is 0 Å². The number of carbonyl (C=O) groups excluding carboxylic acids is 1. The molecule has 4 heteroatoms. The molecule has 34 heavy (non-hydrogen) atoms. The molecule has 2 aromatic rings. The second-order valence-electron chi connectivity index (χ2n) is 10.0. The SMILES string of the molecule is CCCCCCOC(=O)C1(c2ccccc2)CCN(CCCNc2ccc(C(C)C)cc2)CC1. The topological polar surface area (TPSA) is 41.6 Å². The number of ether oxygens (including phenoxy) is 1. The van der Waals surface area contributed by atoms with Gasteiger partial charge in [0.05, 0.1) is 12.0 Å². The normalized spacial score (nSPS) is 15.9. The maximum Gasteiger partial charge on any atom is 0.316 e. The molecule has 0 unspecified atom stereocenters. The first kappa shape index (κ1) is 26.3. The number of anilines is 1. The van der Waals surface area contributed by atoms with Crippen LogP contribution >= 0.6 is 0 Å². The molecule has 0 bridgehead atoms. The lowest BCUT2D eigenvalue weighted by Gasteiger charge is -2.40. The van der Waals surface area contributed by atoms with Gasteiger partial charge in [-0.05, 0) is 74.5 Å². The van der Waals surface area contributed by atoms with Crippen LogP contribution in [0.2, 0.25) is 0 Å². The predicted molar refractivity (Wildman–Crippen MR) is 143 cm³/mol. The summed E-state index contributed by atoms with van der Waals surface area (Å²) in [6.45, 7) is 11.1. The number of benzene rings is 2. The minimum atomic E-state index is -0.501. The van der Waals surface area contributed by atoms with Crippen LogP contribution in [0.5, 0.6) is 0 Å². The molecule has 1 N–H and O–H groups in total. The number of likely N-dealkylation sites (tertiary alicyclic amines) is 1. The summed E-state index contributed by atoms with van der Waals surface area (Å²) in [4.78, 5) is 15.8. The van der Waals surface area contributed by atoms with Gasteiger partial charge in [0, 0.05) is 12.2 Å². The molecule has 2 aromatic carbocycles. The summed E-state index contributed by atoms with van der Waals surface area (Å²) in [7, 11) is 0. The van der Waals surface area contributed by atoms with E-state index in [9.17, 15) is 4.79 Å². The maximum absolute atomic E-state index is 13.3. The van der Waals surface area contributed by atoms with Crippen LogP contribution in [0.3, 0.4) is 0 Å². The first-order chi connectivity index (χ1) is 16.5. The van der Waals surface area contributed by atoms with Gasteiger partial charge < -0.3 is 15.0 Å². The summed E-state index contributed by atoms with van der Waals surface area (Å²) in [5.74, 6) is 0.538. The van der Waals surface area contributed by atoms with Crippen LogP contribution in [-0.4, -0.2) is 43.7 Å². The van der Waals surface area contributed by atoms with Crippen LogP contribution in [0.15, 0.2) is 54.6 Å². The van der Waals surface area contributed by atoms with Gasteiger partial charge in [0.1, 0.15) is 0 Å².